The fourth-order valence-corrected chi connectivity index (χ4v) is 1.97. The summed E-state index contributed by atoms with van der Waals surface area (Å²) >= 11 is 0. The van der Waals surface area contributed by atoms with Crippen LogP contribution in [-0.4, -0.2) is 12.6 Å². The van der Waals surface area contributed by atoms with Gasteiger partial charge in [-0.15, -0.1) is 0 Å². The van der Waals surface area contributed by atoms with E-state index in [1.165, 1.54) is 0 Å². The van der Waals surface area contributed by atoms with Crippen LogP contribution in [0.25, 0.3) is 0 Å². The molecule has 4 heteroatoms. The molecule has 0 aliphatic carbocycles. The SMILES string of the molecule is CC(N)COc1cccc2c1Nc1ccccc1O2. The molecule has 1 aliphatic heterocycles. The van der Waals surface area contributed by atoms with Crippen LogP contribution in [0.2, 0.25) is 0 Å². The Morgan fingerprint density at radius 2 is 1.95 bits per heavy atom. The van der Waals surface area contributed by atoms with Gasteiger partial charge in [0.05, 0.1) is 5.69 Å². The Labute approximate surface area is 112 Å². The van der Waals surface area contributed by atoms with Crippen molar-refractivity contribution in [3.05, 3.63) is 42.5 Å². The monoisotopic (exact) mass is 256 g/mol. The molecule has 98 valence electrons. The second kappa shape index (κ2) is 4.82. The zero-order chi connectivity index (χ0) is 13.2. The average molecular weight is 256 g/mol. The minimum Gasteiger partial charge on any atom is -0.490 e. The van der Waals surface area contributed by atoms with Crippen LogP contribution in [-0.2, 0) is 0 Å². The Kier molecular flexibility index (Phi) is 3.01. The predicted molar refractivity (Wildman–Crippen MR) is 75.4 cm³/mol. The summed E-state index contributed by atoms with van der Waals surface area (Å²) < 4.78 is 11.6. The third kappa shape index (κ3) is 2.35. The lowest BCUT2D eigenvalue weighted by Crippen LogP contribution is -2.24. The Morgan fingerprint density at radius 1 is 1.16 bits per heavy atom. The molecule has 1 heterocycles. The van der Waals surface area contributed by atoms with E-state index in [9.17, 15) is 0 Å². The van der Waals surface area contributed by atoms with Gasteiger partial charge >= 0.3 is 0 Å². The van der Waals surface area contributed by atoms with Gasteiger partial charge < -0.3 is 20.5 Å². The lowest BCUT2D eigenvalue weighted by Gasteiger charge is -2.24. The van der Waals surface area contributed by atoms with Crippen LogP contribution >= 0.6 is 0 Å². The van der Waals surface area contributed by atoms with E-state index < -0.39 is 0 Å². The number of nitrogens with two attached hydrogens (primary N) is 1. The summed E-state index contributed by atoms with van der Waals surface area (Å²) in [4.78, 5) is 0. The number of rotatable bonds is 3. The van der Waals surface area contributed by atoms with Crippen molar-refractivity contribution in [3.8, 4) is 17.2 Å². The van der Waals surface area contributed by atoms with Gasteiger partial charge in [-0.25, -0.2) is 0 Å². The van der Waals surface area contributed by atoms with Crippen molar-refractivity contribution in [1.29, 1.82) is 0 Å². The molecule has 4 nitrogen and oxygen atoms in total. The normalized spacial score (nSPS) is 13.6. The van der Waals surface area contributed by atoms with Crippen LogP contribution < -0.4 is 20.5 Å². The van der Waals surface area contributed by atoms with Gasteiger partial charge in [0.15, 0.2) is 11.5 Å². The summed E-state index contributed by atoms with van der Waals surface area (Å²) in [6.45, 7) is 2.38. The van der Waals surface area contributed by atoms with E-state index in [4.69, 9.17) is 15.2 Å². The number of anilines is 2. The average Bonchev–Trinajstić information content (AvgIpc) is 2.42. The highest BCUT2D eigenvalue weighted by atomic mass is 16.5. The van der Waals surface area contributed by atoms with Gasteiger partial charge in [-0.05, 0) is 31.2 Å². The second-order valence-electron chi connectivity index (χ2n) is 4.64. The summed E-state index contributed by atoms with van der Waals surface area (Å²) in [6, 6.07) is 13.5. The van der Waals surface area contributed by atoms with Gasteiger partial charge in [0.1, 0.15) is 18.0 Å². The summed E-state index contributed by atoms with van der Waals surface area (Å²) in [5, 5.41) is 3.34. The first kappa shape index (κ1) is 11.9. The maximum atomic E-state index is 5.85. The van der Waals surface area contributed by atoms with Crippen LogP contribution in [0.4, 0.5) is 11.4 Å². The Morgan fingerprint density at radius 3 is 2.79 bits per heavy atom. The molecule has 0 fully saturated rings. The summed E-state index contributed by atoms with van der Waals surface area (Å²) in [7, 11) is 0. The lowest BCUT2D eigenvalue weighted by molar-refractivity contribution is 0.296. The summed E-state index contributed by atoms with van der Waals surface area (Å²) in [6.07, 6.45) is 0. The van der Waals surface area contributed by atoms with E-state index in [0.717, 1.165) is 28.6 Å². The molecule has 0 saturated carbocycles. The zero-order valence-electron chi connectivity index (χ0n) is 10.7. The zero-order valence-corrected chi connectivity index (χ0v) is 10.7. The number of hydrogen-bond donors (Lipinski definition) is 2. The number of hydrogen-bond acceptors (Lipinski definition) is 4. The van der Waals surface area contributed by atoms with E-state index >= 15 is 0 Å². The molecule has 0 radical (unpaired) electrons. The molecule has 2 aromatic carbocycles. The van der Waals surface area contributed by atoms with E-state index in [0.29, 0.717) is 6.61 Å². The summed E-state index contributed by atoms with van der Waals surface area (Å²) in [5.41, 5.74) is 7.50. The number of benzene rings is 2. The van der Waals surface area contributed by atoms with Crippen LogP contribution in [0.3, 0.4) is 0 Å². The molecule has 2 aromatic rings. The highest BCUT2D eigenvalue weighted by Crippen LogP contribution is 2.45. The molecule has 0 saturated heterocycles. The maximum Gasteiger partial charge on any atom is 0.154 e. The molecular weight excluding hydrogens is 240 g/mol. The third-order valence-electron chi connectivity index (χ3n) is 2.86. The van der Waals surface area contributed by atoms with E-state index in [1.54, 1.807) is 0 Å². The second-order valence-corrected chi connectivity index (χ2v) is 4.64. The van der Waals surface area contributed by atoms with Gasteiger partial charge in [0, 0.05) is 6.04 Å². The van der Waals surface area contributed by atoms with E-state index in [2.05, 4.69) is 5.32 Å². The van der Waals surface area contributed by atoms with E-state index in [1.807, 2.05) is 49.4 Å². The van der Waals surface area contributed by atoms with E-state index in [-0.39, 0.29) is 6.04 Å². The van der Waals surface area contributed by atoms with Gasteiger partial charge in [-0.1, -0.05) is 18.2 Å². The first-order valence-corrected chi connectivity index (χ1v) is 6.29. The molecule has 1 unspecified atom stereocenters. The molecule has 3 N–H and O–H groups in total. The van der Waals surface area contributed by atoms with Gasteiger partial charge in [-0.3, -0.25) is 0 Å². The van der Waals surface area contributed by atoms with Gasteiger partial charge in [0.25, 0.3) is 0 Å². The fourth-order valence-electron chi connectivity index (χ4n) is 1.97. The number of nitrogens with one attached hydrogen (secondary N) is 1. The van der Waals surface area contributed by atoms with Gasteiger partial charge in [0.2, 0.25) is 0 Å². The largest absolute Gasteiger partial charge is 0.490 e. The standard InChI is InChI=1S/C15H16N2O2/c1-10(16)9-18-13-7-4-8-14-15(13)17-11-5-2-3-6-12(11)19-14/h2-8,10,17H,9,16H2,1H3. The van der Waals surface area contributed by atoms with Crippen LogP contribution in [0.1, 0.15) is 6.92 Å². The van der Waals surface area contributed by atoms with Crippen molar-refractivity contribution in [2.24, 2.45) is 5.73 Å². The van der Waals surface area contributed by atoms with Crippen molar-refractivity contribution in [1.82, 2.24) is 0 Å². The minimum absolute atomic E-state index is 0.00680. The topological polar surface area (TPSA) is 56.5 Å². The molecule has 0 bridgehead atoms. The lowest BCUT2D eigenvalue weighted by atomic mass is 10.2. The van der Waals surface area contributed by atoms with Gasteiger partial charge in [-0.2, -0.15) is 0 Å². The molecule has 19 heavy (non-hydrogen) atoms. The molecule has 0 spiro atoms. The number of ether oxygens (including phenoxy) is 2. The highest BCUT2D eigenvalue weighted by Gasteiger charge is 2.19. The summed E-state index contributed by atoms with van der Waals surface area (Å²) in [5.74, 6) is 2.34. The first-order chi connectivity index (χ1) is 9.24. The molecule has 0 amide bonds. The number of para-hydroxylation sites is 3. The predicted octanol–water partition coefficient (Wildman–Crippen LogP) is 3.26. The van der Waals surface area contributed by atoms with Crippen LogP contribution in [0.5, 0.6) is 17.2 Å². The number of fused-ring (bicyclic) bond motifs is 2. The highest BCUT2D eigenvalue weighted by molar-refractivity contribution is 5.79. The van der Waals surface area contributed by atoms with Crippen LogP contribution in [0, 0.1) is 0 Å². The maximum absolute atomic E-state index is 5.85. The smallest absolute Gasteiger partial charge is 0.154 e. The quantitative estimate of drug-likeness (QED) is 0.755. The first-order valence-electron chi connectivity index (χ1n) is 6.29. The molecule has 3 rings (SSSR count). The molecule has 1 atom stereocenters. The molecular formula is C15H16N2O2. The molecule has 0 aromatic heterocycles. The Hall–Kier alpha value is -2.20. The van der Waals surface area contributed by atoms with Crippen molar-refractivity contribution in [2.45, 2.75) is 13.0 Å². The van der Waals surface area contributed by atoms with Crippen molar-refractivity contribution in [3.63, 3.8) is 0 Å². The Balaban J connectivity index is 1.92. The minimum atomic E-state index is -0.00680. The van der Waals surface area contributed by atoms with Crippen molar-refractivity contribution >= 4 is 11.4 Å². The Bertz CT molecular complexity index is 596. The fraction of sp³-hybridized carbons (Fsp3) is 0.200. The van der Waals surface area contributed by atoms with Crippen molar-refractivity contribution < 1.29 is 9.47 Å². The third-order valence-corrected chi connectivity index (χ3v) is 2.86. The van der Waals surface area contributed by atoms with Crippen LogP contribution in [0.15, 0.2) is 42.5 Å². The molecule has 1 aliphatic rings. The van der Waals surface area contributed by atoms with Crippen molar-refractivity contribution in [2.75, 3.05) is 11.9 Å².